The van der Waals surface area contributed by atoms with Gasteiger partial charge in [0.15, 0.2) is 5.13 Å². The van der Waals surface area contributed by atoms with Crippen LogP contribution in [0.4, 0.5) is 18.3 Å². The van der Waals surface area contributed by atoms with E-state index in [1.54, 1.807) is 12.3 Å². The van der Waals surface area contributed by atoms with Crippen molar-refractivity contribution in [3.05, 3.63) is 75.5 Å². The first kappa shape index (κ1) is 18.3. The van der Waals surface area contributed by atoms with Crippen LogP contribution in [0.2, 0.25) is 5.02 Å². The Bertz CT molecular complexity index is 926. The number of nitrogens with zero attached hydrogens (tertiary/aromatic N) is 2. The highest BCUT2D eigenvalue weighted by atomic mass is 35.5. The van der Waals surface area contributed by atoms with E-state index >= 15 is 0 Å². The number of nitrogens with one attached hydrogen (secondary N) is 1. The smallest absolute Gasteiger partial charge is 0.298 e. The topological polar surface area (TPSA) is 54.9 Å². The van der Waals surface area contributed by atoms with E-state index in [4.69, 9.17) is 11.6 Å². The van der Waals surface area contributed by atoms with Gasteiger partial charge in [0.1, 0.15) is 5.69 Å². The van der Waals surface area contributed by atoms with E-state index < -0.39 is 17.8 Å². The van der Waals surface area contributed by atoms with Gasteiger partial charge in [0.2, 0.25) is 0 Å². The van der Waals surface area contributed by atoms with Crippen molar-refractivity contribution in [3.63, 3.8) is 0 Å². The van der Waals surface area contributed by atoms with Crippen LogP contribution in [0.5, 0.6) is 0 Å². The molecule has 0 aliphatic rings. The fourth-order valence-corrected chi connectivity index (χ4v) is 3.17. The summed E-state index contributed by atoms with van der Waals surface area (Å²) in [5, 5.41) is 3.54. The minimum Gasteiger partial charge on any atom is -0.298 e. The monoisotopic (exact) mass is 397 g/mol. The normalized spacial score (nSPS) is 11.4. The second-order valence-corrected chi connectivity index (χ2v) is 6.81. The largest absolute Gasteiger partial charge is 0.433 e. The van der Waals surface area contributed by atoms with Gasteiger partial charge in [0.25, 0.3) is 5.91 Å². The van der Waals surface area contributed by atoms with Crippen molar-refractivity contribution in [2.45, 2.75) is 12.6 Å². The minimum atomic E-state index is -4.54. The molecule has 9 heteroatoms. The van der Waals surface area contributed by atoms with Crippen LogP contribution in [-0.2, 0) is 12.6 Å². The molecule has 1 N–H and O–H groups in total. The Hall–Kier alpha value is -2.45. The molecule has 4 nitrogen and oxygen atoms in total. The number of carbonyl (C=O) groups is 1. The van der Waals surface area contributed by atoms with Crippen LogP contribution in [0.3, 0.4) is 0 Å². The second-order valence-electron chi connectivity index (χ2n) is 5.28. The molecule has 3 aromatic rings. The summed E-state index contributed by atoms with van der Waals surface area (Å²) in [6.07, 6.45) is -1.47. The van der Waals surface area contributed by atoms with Crippen molar-refractivity contribution in [1.82, 2.24) is 9.97 Å². The number of hydrogen-bond donors (Lipinski definition) is 1. The molecule has 0 aliphatic heterocycles. The molecule has 0 saturated carbocycles. The van der Waals surface area contributed by atoms with Gasteiger partial charge in [0, 0.05) is 28.7 Å². The fraction of sp³-hybridized carbons (Fsp3) is 0.118. The lowest BCUT2D eigenvalue weighted by molar-refractivity contribution is -0.141. The van der Waals surface area contributed by atoms with Crippen LogP contribution in [0.25, 0.3) is 0 Å². The van der Waals surface area contributed by atoms with E-state index in [0.717, 1.165) is 28.8 Å². The number of aromatic nitrogens is 2. The maximum atomic E-state index is 12.5. The summed E-state index contributed by atoms with van der Waals surface area (Å²) in [5.41, 5.74) is -0.103. The lowest BCUT2D eigenvalue weighted by Gasteiger charge is -2.06. The van der Waals surface area contributed by atoms with Gasteiger partial charge < -0.3 is 0 Å². The van der Waals surface area contributed by atoms with Crippen LogP contribution < -0.4 is 5.32 Å². The zero-order valence-corrected chi connectivity index (χ0v) is 14.6. The third-order valence-electron chi connectivity index (χ3n) is 3.41. The molecule has 0 bridgehead atoms. The van der Waals surface area contributed by atoms with E-state index in [1.807, 2.05) is 18.2 Å². The summed E-state index contributed by atoms with van der Waals surface area (Å²) in [6, 6.07) is 9.24. The minimum absolute atomic E-state index is 0.0147. The molecular formula is C17H11ClF3N3OS. The molecule has 0 atom stereocenters. The van der Waals surface area contributed by atoms with Crippen LogP contribution in [0.15, 0.2) is 48.8 Å². The maximum absolute atomic E-state index is 12.5. The second kappa shape index (κ2) is 7.43. The zero-order chi connectivity index (χ0) is 18.7. The third kappa shape index (κ3) is 4.39. The summed E-state index contributed by atoms with van der Waals surface area (Å²) >= 11 is 7.38. The molecule has 0 saturated heterocycles. The van der Waals surface area contributed by atoms with Crippen molar-refractivity contribution in [2.75, 3.05) is 5.32 Å². The van der Waals surface area contributed by atoms with E-state index in [2.05, 4.69) is 15.3 Å². The molecule has 0 spiro atoms. The number of pyridine rings is 1. The predicted molar refractivity (Wildman–Crippen MR) is 93.6 cm³/mol. The first-order valence-corrected chi connectivity index (χ1v) is 8.55. The number of anilines is 1. The molecule has 134 valence electrons. The average molecular weight is 398 g/mol. The van der Waals surface area contributed by atoms with Gasteiger partial charge >= 0.3 is 6.18 Å². The highest BCUT2D eigenvalue weighted by Crippen LogP contribution is 2.28. The fourth-order valence-electron chi connectivity index (χ4n) is 2.14. The van der Waals surface area contributed by atoms with E-state index in [9.17, 15) is 18.0 Å². The molecule has 2 heterocycles. The van der Waals surface area contributed by atoms with E-state index in [1.165, 1.54) is 11.3 Å². The summed E-state index contributed by atoms with van der Waals surface area (Å²) < 4.78 is 37.5. The van der Waals surface area contributed by atoms with Crippen molar-refractivity contribution < 1.29 is 18.0 Å². The van der Waals surface area contributed by atoms with Crippen molar-refractivity contribution in [2.24, 2.45) is 0 Å². The number of rotatable bonds is 4. The Morgan fingerprint density at radius 3 is 2.54 bits per heavy atom. The molecule has 3 rings (SSSR count). The van der Waals surface area contributed by atoms with Gasteiger partial charge in [0.05, 0.1) is 5.56 Å². The zero-order valence-electron chi connectivity index (χ0n) is 13.0. The summed E-state index contributed by atoms with van der Waals surface area (Å²) in [6.45, 7) is 0. The van der Waals surface area contributed by atoms with Gasteiger partial charge in [-0.05, 0) is 23.8 Å². The number of halogens is 4. The number of benzene rings is 1. The van der Waals surface area contributed by atoms with Gasteiger partial charge in [-0.1, -0.05) is 29.8 Å². The summed E-state index contributed by atoms with van der Waals surface area (Å²) in [5.74, 6) is -0.579. The summed E-state index contributed by atoms with van der Waals surface area (Å²) in [4.78, 5) is 20.4. The number of alkyl halides is 3. The Kier molecular flexibility index (Phi) is 5.24. The predicted octanol–water partition coefficient (Wildman–Crippen LogP) is 5.05. The maximum Gasteiger partial charge on any atom is 0.433 e. The lowest BCUT2D eigenvalue weighted by Crippen LogP contribution is -2.14. The van der Waals surface area contributed by atoms with Gasteiger partial charge in [-0.15, -0.1) is 11.3 Å². The molecule has 0 radical (unpaired) electrons. The molecule has 0 fully saturated rings. The standard InChI is InChI=1S/C17H11ClF3N3OS/c18-13-4-2-1-3-10(13)7-12-9-23-16(26-12)24-15(25)11-5-6-14(22-8-11)17(19,20)21/h1-6,8-9H,7H2,(H,23,24,25). The Morgan fingerprint density at radius 2 is 1.88 bits per heavy atom. The van der Waals surface area contributed by atoms with Crippen molar-refractivity contribution >= 4 is 34.0 Å². The first-order chi connectivity index (χ1) is 12.3. The highest BCUT2D eigenvalue weighted by Gasteiger charge is 2.32. The molecular weight excluding hydrogens is 387 g/mol. The number of carbonyl (C=O) groups excluding carboxylic acids is 1. The molecule has 1 aromatic carbocycles. The highest BCUT2D eigenvalue weighted by molar-refractivity contribution is 7.15. The third-order valence-corrected chi connectivity index (χ3v) is 4.69. The van der Waals surface area contributed by atoms with Crippen LogP contribution >= 0.6 is 22.9 Å². The quantitative estimate of drug-likeness (QED) is 0.670. The van der Waals surface area contributed by atoms with E-state index in [-0.39, 0.29) is 5.56 Å². The molecule has 0 unspecified atom stereocenters. The van der Waals surface area contributed by atoms with Gasteiger partial charge in [-0.25, -0.2) is 4.98 Å². The lowest BCUT2D eigenvalue weighted by atomic mass is 10.1. The van der Waals surface area contributed by atoms with Gasteiger partial charge in [-0.3, -0.25) is 15.1 Å². The number of thiazole rings is 1. The van der Waals surface area contributed by atoms with Crippen LogP contribution in [-0.4, -0.2) is 15.9 Å². The average Bonchev–Trinajstić information content (AvgIpc) is 3.03. The SMILES string of the molecule is O=C(Nc1ncc(Cc2ccccc2Cl)s1)c1ccc(C(F)(F)F)nc1. The summed E-state index contributed by atoms with van der Waals surface area (Å²) in [7, 11) is 0. The molecule has 26 heavy (non-hydrogen) atoms. The van der Waals surface area contributed by atoms with Gasteiger partial charge in [-0.2, -0.15) is 13.2 Å². The van der Waals surface area contributed by atoms with Crippen LogP contribution in [0.1, 0.15) is 26.5 Å². The van der Waals surface area contributed by atoms with E-state index in [0.29, 0.717) is 16.6 Å². The molecule has 0 aliphatic carbocycles. The Morgan fingerprint density at radius 1 is 1.12 bits per heavy atom. The van der Waals surface area contributed by atoms with Crippen molar-refractivity contribution in [3.8, 4) is 0 Å². The number of hydrogen-bond acceptors (Lipinski definition) is 4. The Labute approximate surface area is 155 Å². The van der Waals surface area contributed by atoms with Crippen molar-refractivity contribution in [1.29, 1.82) is 0 Å². The van der Waals surface area contributed by atoms with Crippen LogP contribution in [0, 0.1) is 0 Å². The number of amides is 1. The first-order valence-electron chi connectivity index (χ1n) is 7.35. The Balaban J connectivity index is 1.67. The molecule has 1 amide bonds. The molecule has 2 aromatic heterocycles.